The van der Waals surface area contributed by atoms with Gasteiger partial charge in [0.05, 0.1) is 10.8 Å². The molecule has 90 heavy (non-hydrogen) atoms. The maximum Gasteiger partial charge on any atom is 0.153 e. The molecule has 0 bridgehead atoms. The fourth-order valence-corrected chi connectivity index (χ4v) is 14.5. The van der Waals surface area contributed by atoms with Crippen LogP contribution in [0.4, 0.5) is 60.5 Å². The number of hydrogen-bond acceptors (Lipinski definition) is 2. The SMILES string of the molecule is C=Cc1ccc(C2(c3cc(C)ccc3C)c3ccccc3-c3ccc(N(c4ccc(-c5ccc(N(c6ccc7c(c6)C(C6=CCC(C=C)C=C6)(c6cc(C)ccc6C)c6ccccc6-7)c6c(F)cc(F)cc6F)cc5)cc4)c4c(F)cc(F)cc4F)cc32)cc1. The zero-order chi connectivity index (χ0) is 62.3. The summed E-state index contributed by atoms with van der Waals surface area (Å²) in [5.74, 6) is -6.32. The van der Waals surface area contributed by atoms with Crippen molar-refractivity contribution in [3.63, 3.8) is 0 Å². The number of benzene rings is 11. The van der Waals surface area contributed by atoms with E-state index in [-0.39, 0.29) is 5.92 Å². The van der Waals surface area contributed by atoms with Crippen molar-refractivity contribution < 1.29 is 26.3 Å². The quantitative estimate of drug-likeness (QED) is 0.0839. The van der Waals surface area contributed by atoms with Crippen LogP contribution >= 0.6 is 0 Å². The van der Waals surface area contributed by atoms with Crippen LogP contribution in [0.5, 0.6) is 0 Å². The number of hydrogen-bond donors (Lipinski definition) is 0. The highest BCUT2D eigenvalue weighted by Gasteiger charge is 2.50. The molecule has 3 atom stereocenters. The molecule has 3 aliphatic rings. The van der Waals surface area contributed by atoms with Crippen LogP contribution in [0.2, 0.25) is 0 Å². The predicted molar refractivity (Wildman–Crippen MR) is 355 cm³/mol. The molecule has 0 aliphatic heterocycles. The molecule has 0 saturated carbocycles. The molecule has 8 heteroatoms. The van der Waals surface area contributed by atoms with Crippen LogP contribution in [-0.4, -0.2) is 0 Å². The molecule has 2 nitrogen and oxygen atoms in total. The molecule has 11 aromatic rings. The minimum atomic E-state index is -1.09. The van der Waals surface area contributed by atoms with Gasteiger partial charge in [-0.3, -0.25) is 0 Å². The van der Waals surface area contributed by atoms with Crippen LogP contribution in [0, 0.1) is 68.5 Å². The van der Waals surface area contributed by atoms with Crippen LogP contribution < -0.4 is 9.80 Å². The lowest BCUT2D eigenvalue weighted by Gasteiger charge is -2.38. The van der Waals surface area contributed by atoms with E-state index in [0.29, 0.717) is 58.1 Å². The molecule has 0 N–H and O–H groups in total. The first-order valence-electron chi connectivity index (χ1n) is 30.1. The lowest BCUT2D eigenvalue weighted by Crippen LogP contribution is -2.31. The Hall–Kier alpha value is -10.4. The second-order valence-electron chi connectivity index (χ2n) is 23.9. The Morgan fingerprint density at radius 3 is 1.28 bits per heavy atom. The van der Waals surface area contributed by atoms with Crippen molar-refractivity contribution in [2.75, 3.05) is 9.80 Å². The summed E-state index contributed by atoms with van der Waals surface area (Å²) in [5.41, 5.74) is 17.7. The first-order chi connectivity index (χ1) is 43.6. The third-order valence-corrected chi connectivity index (χ3v) is 18.6. The van der Waals surface area contributed by atoms with Gasteiger partial charge >= 0.3 is 0 Å². The number of allylic oxidation sites excluding steroid dienone is 5. The van der Waals surface area contributed by atoms with Gasteiger partial charge in [0.25, 0.3) is 0 Å². The molecular formula is C82H60F6N2. The Labute approximate surface area is 521 Å². The van der Waals surface area contributed by atoms with E-state index < -0.39 is 57.1 Å². The normalized spacial score (nSPS) is 16.8. The van der Waals surface area contributed by atoms with Gasteiger partial charge in [-0.15, -0.1) is 6.58 Å². The van der Waals surface area contributed by atoms with E-state index in [1.165, 1.54) is 9.80 Å². The highest BCUT2D eigenvalue weighted by molar-refractivity contribution is 5.93. The molecule has 0 saturated heterocycles. The Bertz CT molecular complexity index is 4760. The summed E-state index contributed by atoms with van der Waals surface area (Å²) >= 11 is 0. The van der Waals surface area contributed by atoms with E-state index in [0.717, 1.165) is 101 Å². The third-order valence-electron chi connectivity index (χ3n) is 18.6. The summed E-state index contributed by atoms with van der Waals surface area (Å²) in [6.07, 6.45) is 11.1. The van der Waals surface area contributed by atoms with Crippen LogP contribution in [0.25, 0.3) is 39.5 Å². The number of rotatable bonds is 13. The van der Waals surface area contributed by atoms with Gasteiger partial charge in [0.15, 0.2) is 23.3 Å². The molecule has 0 aromatic heterocycles. The topological polar surface area (TPSA) is 6.48 Å². The summed E-state index contributed by atoms with van der Waals surface area (Å²) < 4.78 is 96.3. The Balaban J connectivity index is 0.894. The van der Waals surface area contributed by atoms with Crippen LogP contribution in [0.3, 0.4) is 0 Å². The lowest BCUT2D eigenvalue weighted by molar-refractivity contribution is 0.544. The fourth-order valence-electron chi connectivity index (χ4n) is 14.5. The van der Waals surface area contributed by atoms with Gasteiger partial charge in [-0.2, -0.15) is 0 Å². The van der Waals surface area contributed by atoms with Crippen molar-refractivity contribution in [3.8, 4) is 33.4 Å². The maximum absolute atomic E-state index is 16.6. The molecule has 0 spiro atoms. The van der Waals surface area contributed by atoms with Crippen molar-refractivity contribution in [3.05, 3.63) is 363 Å². The first kappa shape index (κ1) is 57.3. The fraction of sp³-hybridized carbons (Fsp3) is 0.0976. The Morgan fingerprint density at radius 1 is 0.411 bits per heavy atom. The van der Waals surface area contributed by atoms with Crippen molar-refractivity contribution >= 4 is 40.2 Å². The average molecular weight is 1190 g/mol. The van der Waals surface area contributed by atoms with E-state index in [9.17, 15) is 8.78 Å². The molecular weight excluding hydrogens is 1130 g/mol. The van der Waals surface area contributed by atoms with E-state index in [1.807, 2.05) is 103 Å². The minimum absolute atomic E-state index is 0.149. The van der Waals surface area contributed by atoms with E-state index in [2.05, 4.69) is 132 Å². The maximum atomic E-state index is 16.6. The van der Waals surface area contributed by atoms with Gasteiger partial charge in [0, 0.05) is 47.0 Å². The molecule has 14 rings (SSSR count). The summed E-state index contributed by atoms with van der Waals surface area (Å²) in [7, 11) is 0. The molecule has 11 aromatic carbocycles. The number of halogens is 6. The van der Waals surface area contributed by atoms with Crippen molar-refractivity contribution in [1.29, 1.82) is 0 Å². The summed E-state index contributed by atoms with van der Waals surface area (Å²) in [4.78, 5) is 2.98. The smallest absolute Gasteiger partial charge is 0.153 e. The number of nitrogens with zero attached hydrogens (tertiary/aromatic N) is 2. The monoisotopic (exact) mass is 1190 g/mol. The predicted octanol–water partition coefficient (Wildman–Crippen LogP) is 22.4. The van der Waals surface area contributed by atoms with Crippen LogP contribution in [-0.2, 0) is 10.8 Å². The lowest BCUT2D eigenvalue weighted by atomic mass is 9.64. The number of anilines is 6. The van der Waals surface area contributed by atoms with Crippen molar-refractivity contribution in [2.45, 2.75) is 44.9 Å². The molecule has 0 radical (unpaired) electrons. The van der Waals surface area contributed by atoms with Gasteiger partial charge in [-0.25, -0.2) is 26.3 Å². The molecule has 0 heterocycles. The zero-order valence-corrected chi connectivity index (χ0v) is 50.0. The highest BCUT2D eigenvalue weighted by atomic mass is 19.2. The van der Waals surface area contributed by atoms with Gasteiger partial charge in [-0.1, -0.05) is 194 Å². The zero-order valence-electron chi connectivity index (χ0n) is 50.0. The Kier molecular flexibility index (Phi) is 14.2. The summed E-state index contributed by atoms with van der Waals surface area (Å²) in [6, 6.07) is 66.7. The average Bonchev–Trinajstić information content (AvgIpc) is 1.52. The second-order valence-corrected chi connectivity index (χ2v) is 23.9. The Morgan fingerprint density at radius 2 is 0.833 bits per heavy atom. The molecule has 440 valence electrons. The summed E-state index contributed by atoms with van der Waals surface area (Å²) in [6.45, 7) is 16.5. The largest absolute Gasteiger partial charge is 0.305 e. The van der Waals surface area contributed by atoms with Gasteiger partial charge in [-0.05, 0) is 183 Å². The number of fused-ring (bicyclic) bond motifs is 6. The van der Waals surface area contributed by atoms with Crippen molar-refractivity contribution in [1.82, 2.24) is 0 Å². The van der Waals surface area contributed by atoms with Crippen LogP contribution in [0.15, 0.2) is 261 Å². The highest BCUT2D eigenvalue weighted by Crippen LogP contribution is 2.61. The van der Waals surface area contributed by atoms with E-state index >= 15 is 17.6 Å². The first-order valence-corrected chi connectivity index (χ1v) is 30.1. The number of aryl methyl sites for hydroxylation is 4. The molecule has 0 amide bonds. The van der Waals surface area contributed by atoms with Gasteiger partial charge in [0.1, 0.15) is 23.0 Å². The van der Waals surface area contributed by atoms with Crippen molar-refractivity contribution in [2.24, 2.45) is 5.92 Å². The van der Waals surface area contributed by atoms with Gasteiger partial charge < -0.3 is 9.80 Å². The van der Waals surface area contributed by atoms with Crippen LogP contribution in [0.1, 0.15) is 73.2 Å². The molecule has 3 aliphatic carbocycles. The van der Waals surface area contributed by atoms with E-state index in [4.69, 9.17) is 0 Å². The summed E-state index contributed by atoms with van der Waals surface area (Å²) in [5, 5.41) is 0. The molecule has 3 unspecified atom stereocenters. The second kappa shape index (κ2) is 22.3. The third kappa shape index (κ3) is 9.10. The van der Waals surface area contributed by atoms with Gasteiger partial charge in [0.2, 0.25) is 0 Å². The molecule has 0 fully saturated rings. The van der Waals surface area contributed by atoms with E-state index in [1.54, 1.807) is 30.3 Å². The minimum Gasteiger partial charge on any atom is -0.305 e. The standard InChI is InChI=1S/C82H60F6N2/c1-7-53-21-29-57(30-22-53)81(71-41-49(3)17-19-51(71)5)69-15-11-9-13-65(69)67-39-37-63(47-73(67)81)89(79-75(85)43-59(83)44-76(79)86)61-33-25-55(26-34-61)56-27-35-62(36-28-56)90(80-77(87)45-60(84)46-78(80)88)64-38-40-68-66-14-10-12-16-70(66)82(74(68)48-64,58-31-23-54(8-2)24-32-58)72-42-50(4)18-20-52(72)6/h7-23,25-48,54H,1-2,24H2,3-6H3.